The Morgan fingerprint density at radius 1 is 1.39 bits per heavy atom. The van der Waals surface area contributed by atoms with Gasteiger partial charge in [-0.05, 0) is 57.5 Å². The van der Waals surface area contributed by atoms with E-state index in [-0.39, 0.29) is 48.0 Å². The van der Waals surface area contributed by atoms with Crippen LogP contribution in [-0.2, 0) is 4.79 Å². The van der Waals surface area contributed by atoms with E-state index in [1.54, 1.807) is 19.2 Å². The van der Waals surface area contributed by atoms with Crippen LogP contribution in [0.4, 0.5) is 20.3 Å². The van der Waals surface area contributed by atoms with Crippen LogP contribution in [0, 0.1) is 5.82 Å². The van der Waals surface area contributed by atoms with Crippen LogP contribution in [0.25, 0.3) is 6.20 Å². The van der Waals surface area contributed by atoms with Crippen LogP contribution >= 0.6 is 11.6 Å². The Balaban J connectivity index is 1.60. The zero-order valence-corrected chi connectivity index (χ0v) is 17.6. The van der Waals surface area contributed by atoms with Gasteiger partial charge in [0.1, 0.15) is 11.4 Å². The van der Waals surface area contributed by atoms with Gasteiger partial charge in [0.05, 0.1) is 16.9 Å². The molecule has 2 N–H and O–H groups in total. The van der Waals surface area contributed by atoms with Crippen molar-refractivity contribution in [1.82, 2.24) is 15.1 Å². The quantitative estimate of drug-likeness (QED) is 0.635. The maximum atomic E-state index is 15.2. The highest BCUT2D eigenvalue weighted by molar-refractivity contribution is 6.33. The number of allylic oxidation sites excluding steroid dienone is 1. The number of nitrogens with one attached hydrogen (secondary N) is 2. The number of hydrogen-bond acceptors (Lipinski definition) is 4. The molecule has 164 valence electrons. The molecule has 3 rings (SSSR count). The average molecular weight is 450 g/mol. The molecule has 0 radical (unpaired) electrons. The third-order valence-electron chi connectivity index (χ3n) is 5.15. The zero-order chi connectivity index (χ0) is 22.6. The third-order valence-corrected chi connectivity index (χ3v) is 5.47. The monoisotopic (exact) mass is 449 g/mol. The summed E-state index contributed by atoms with van der Waals surface area (Å²) in [5.74, 6) is -1.48. The van der Waals surface area contributed by atoms with Crippen molar-refractivity contribution in [2.45, 2.75) is 44.3 Å². The normalized spacial score (nSPS) is 21.1. The fraction of sp³-hybridized carbons (Fsp3) is 0.333. The fourth-order valence-electron chi connectivity index (χ4n) is 3.46. The van der Waals surface area contributed by atoms with E-state index in [4.69, 9.17) is 11.6 Å². The minimum Gasteiger partial charge on any atom is -0.349 e. The number of halogens is 3. The highest BCUT2D eigenvalue weighted by Crippen LogP contribution is 2.34. The number of aromatic nitrogens is 2. The molecule has 31 heavy (non-hydrogen) atoms. The second kappa shape index (κ2) is 9.38. The number of aliphatic imine (C=N–C) groups is 1. The minimum atomic E-state index is -2.11. The second-order valence-electron chi connectivity index (χ2n) is 7.26. The first-order valence-corrected chi connectivity index (χ1v) is 10.1. The zero-order valence-electron chi connectivity index (χ0n) is 16.9. The molecule has 2 amide bonds. The van der Waals surface area contributed by atoms with Crippen molar-refractivity contribution in [3.63, 3.8) is 0 Å². The molecule has 1 aliphatic rings. The van der Waals surface area contributed by atoms with Gasteiger partial charge in [0.2, 0.25) is 0 Å². The van der Waals surface area contributed by atoms with Crippen LogP contribution in [0.3, 0.4) is 0 Å². The standard InChI is InChI=1S/C21H22ClF2N5O2/c1-3-10-29-18(25-2)15(12-26-29)19(30)27-14-6-8-21(24,9-7-14)20(31)28-17-5-4-13(23)11-16(17)22/h3-5,10-12,14H,2,6-9H2,1H3,(H,27,30)(H,28,31)/b10-3-. The van der Waals surface area contributed by atoms with Crippen LogP contribution in [-0.4, -0.2) is 40.0 Å². The number of nitrogens with zero attached hydrogens (tertiary/aromatic N) is 3. The van der Waals surface area contributed by atoms with E-state index in [9.17, 15) is 14.0 Å². The summed E-state index contributed by atoms with van der Waals surface area (Å²) in [6.45, 7) is 5.28. The van der Waals surface area contributed by atoms with Crippen molar-refractivity contribution >= 4 is 47.8 Å². The van der Waals surface area contributed by atoms with Gasteiger partial charge in [0, 0.05) is 12.2 Å². The van der Waals surface area contributed by atoms with E-state index < -0.39 is 23.3 Å². The van der Waals surface area contributed by atoms with Crippen LogP contribution in [0.15, 0.2) is 35.5 Å². The molecule has 1 aromatic heterocycles. The maximum Gasteiger partial charge on any atom is 0.262 e. The summed E-state index contributed by atoms with van der Waals surface area (Å²) in [6.07, 6.45) is 5.17. The Labute approximate surface area is 183 Å². The Kier molecular flexibility index (Phi) is 6.84. The van der Waals surface area contributed by atoms with Gasteiger partial charge >= 0.3 is 0 Å². The maximum absolute atomic E-state index is 15.2. The molecular weight excluding hydrogens is 428 g/mol. The van der Waals surface area contributed by atoms with E-state index >= 15 is 4.39 Å². The lowest BCUT2D eigenvalue weighted by Crippen LogP contribution is -2.47. The summed E-state index contributed by atoms with van der Waals surface area (Å²) < 4.78 is 29.8. The molecular formula is C21H22ClF2N5O2. The Morgan fingerprint density at radius 3 is 2.71 bits per heavy atom. The molecule has 10 heteroatoms. The molecule has 1 saturated carbocycles. The van der Waals surface area contributed by atoms with E-state index in [1.807, 2.05) is 0 Å². The summed E-state index contributed by atoms with van der Waals surface area (Å²) in [7, 11) is 0. The van der Waals surface area contributed by atoms with Crippen LogP contribution < -0.4 is 10.6 Å². The number of carbonyl (C=O) groups is 2. The molecule has 0 bridgehead atoms. The van der Waals surface area contributed by atoms with E-state index in [1.165, 1.54) is 16.9 Å². The predicted molar refractivity (Wildman–Crippen MR) is 116 cm³/mol. The molecule has 7 nitrogen and oxygen atoms in total. The Hall–Kier alpha value is -3.07. The third kappa shape index (κ3) is 4.99. The van der Waals surface area contributed by atoms with Gasteiger partial charge in [-0.2, -0.15) is 5.10 Å². The van der Waals surface area contributed by atoms with Gasteiger partial charge in [-0.3, -0.25) is 9.59 Å². The molecule has 0 aliphatic heterocycles. The number of rotatable bonds is 6. The van der Waals surface area contributed by atoms with Gasteiger partial charge in [-0.15, -0.1) is 0 Å². The summed E-state index contributed by atoms with van der Waals surface area (Å²) in [5, 5.41) is 9.33. The smallest absolute Gasteiger partial charge is 0.262 e. The molecule has 0 atom stereocenters. The van der Waals surface area contributed by atoms with Gasteiger partial charge < -0.3 is 10.6 Å². The topological polar surface area (TPSA) is 88.4 Å². The average Bonchev–Trinajstić information content (AvgIpc) is 3.15. The van der Waals surface area contributed by atoms with Crippen molar-refractivity contribution in [2.75, 3.05) is 5.32 Å². The number of hydrogen-bond donors (Lipinski definition) is 2. The second-order valence-corrected chi connectivity index (χ2v) is 7.67. The molecule has 0 saturated heterocycles. The van der Waals surface area contributed by atoms with Crippen LogP contribution in [0.5, 0.6) is 0 Å². The number of amides is 2. The molecule has 0 unspecified atom stereocenters. The molecule has 0 spiro atoms. The first-order valence-electron chi connectivity index (χ1n) is 9.70. The summed E-state index contributed by atoms with van der Waals surface area (Å²) in [6, 6.07) is 3.15. The Morgan fingerprint density at radius 2 is 2.10 bits per heavy atom. The number of anilines is 1. The largest absolute Gasteiger partial charge is 0.349 e. The molecule has 1 fully saturated rings. The highest BCUT2D eigenvalue weighted by Gasteiger charge is 2.42. The summed E-state index contributed by atoms with van der Waals surface area (Å²) in [5.41, 5.74) is -1.71. The lowest BCUT2D eigenvalue weighted by Gasteiger charge is -2.33. The van der Waals surface area contributed by atoms with Gasteiger partial charge in [0.15, 0.2) is 11.5 Å². The van der Waals surface area contributed by atoms with Crippen molar-refractivity contribution in [2.24, 2.45) is 4.99 Å². The SMILES string of the molecule is C=Nc1c(C(=O)NC2CCC(F)(C(=O)Nc3ccc(F)cc3Cl)CC2)cnn1/C=C\C. The van der Waals surface area contributed by atoms with E-state index in [2.05, 4.69) is 27.4 Å². The first kappa shape index (κ1) is 22.6. The Bertz CT molecular complexity index is 1030. The van der Waals surface area contributed by atoms with E-state index in [0.29, 0.717) is 5.82 Å². The molecule has 2 aromatic rings. The van der Waals surface area contributed by atoms with E-state index in [0.717, 1.165) is 12.1 Å². The molecule has 1 aromatic carbocycles. The van der Waals surface area contributed by atoms with Crippen LogP contribution in [0.2, 0.25) is 5.02 Å². The van der Waals surface area contributed by atoms with Crippen molar-refractivity contribution in [1.29, 1.82) is 0 Å². The number of benzene rings is 1. The summed E-state index contributed by atoms with van der Waals surface area (Å²) in [4.78, 5) is 28.9. The van der Waals surface area contributed by atoms with Crippen LogP contribution in [0.1, 0.15) is 43.0 Å². The highest BCUT2D eigenvalue weighted by atomic mass is 35.5. The lowest BCUT2D eigenvalue weighted by molar-refractivity contribution is -0.129. The minimum absolute atomic E-state index is 0.0111. The molecule has 1 heterocycles. The first-order chi connectivity index (χ1) is 14.8. The lowest BCUT2D eigenvalue weighted by atomic mass is 9.82. The van der Waals surface area contributed by atoms with Crippen molar-refractivity contribution in [3.05, 3.63) is 46.9 Å². The van der Waals surface area contributed by atoms with Gasteiger partial charge in [0.25, 0.3) is 11.8 Å². The van der Waals surface area contributed by atoms with Gasteiger partial charge in [-0.1, -0.05) is 17.7 Å². The number of carbonyl (C=O) groups excluding carboxylic acids is 2. The molecule has 1 aliphatic carbocycles. The van der Waals surface area contributed by atoms with Crippen molar-refractivity contribution in [3.8, 4) is 0 Å². The fourth-order valence-corrected chi connectivity index (χ4v) is 3.67. The summed E-state index contributed by atoms with van der Waals surface area (Å²) >= 11 is 5.89. The van der Waals surface area contributed by atoms with Gasteiger partial charge in [-0.25, -0.2) is 18.5 Å². The number of alkyl halides is 1. The predicted octanol–water partition coefficient (Wildman–Crippen LogP) is 4.52. The van der Waals surface area contributed by atoms with Crippen molar-refractivity contribution < 1.29 is 18.4 Å².